The van der Waals surface area contributed by atoms with Crippen LogP contribution in [0.15, 0.2) is 78.9 Å². The molecule has 1 amide bonds. The molecule has 3 aromatic carbocycles. The fourth-order valence-corrected chi connectivity index (χ4v) is 3.67. The summed E-state index contributed by atoms with van der Waals surface area (Å²) >= 11 is 0. The zero-order valence-electron chi connectivity index (χ0n) is 19.0. The van der Waals surface area contributed by atoms with E-state index in [1.807, 2.05) is 6.07 Å². The van der Waals surface area contributed by atoms with Gasteiger partial charge in [0.1, 0.15) is 5.69 Å². The maximum Gasteiger partial charge on any atom is 0.416 e. The zero-order valence-corrected chi connectivity index (χ0v) is 19.0. The molecule has 36 heavy (non-hydrogen) atoms. The minimum Gasteiger partial charge on any atom is -0.478 e. The van der Waals surface area contributed by atoms with Gasteiger partial charge in [0.2, 0.25) is 0 Å². The van der Waals surface area contributed by atoms with Crippen molar-refractivity contribution in [2.45, 2.75) is 25.7 Å². The van der Waals surface area contributed by atoms with Crippen molar-refractivity contribution in [2.75, 3.05) is 0 Å². The Bertz CT molecular complexity index is 1370. The molecule has 0 bridgehead atoms. The van der Waals surface area contributed by atoms with Crippen LogP contribution in [0.1, 0.15) is 50.5 Å². The Labute approximate surface area is 204 Å². The third-order valence-corrected chi connectivity index (χ3v) is 5.62. The average molecular weight is 494 g/mol. The van der Waals surface area contributed by atoms with E-state index >= 15 is 0 Å². The lowest BCUT2D eigenvalue weighted by atomic mass is 10.1. The highest BCUT2D eigenvalue weighted by Crippen LogP contribution is 2.29. The van der Waals surface area contributed by atoms with E-state index in [0.717, 1.165) is 12.1 Å². The summed E-state index contributed by atoms with van der Waals surface area (Å²) in [5.41, 5.74) is 1.69. The van der Waals surface area contributed by atoms with Crippen LogP contribution >= 0.6 is 0 Å². The van der Waals surface area contributed by atoms with E-state index in [1.165, 1.54) is 28.9 Å². The molecule has 0 saturated heterocycles. The van der Waals surface area contributed by atoms with Crippen LogP contribution in [0, 0.1) is 0 Å². The lowest BCUT2D eigenvalue weighted by molar-refractivity contribution is -0.137. The van der Waals surface area contributed by atoms with Gasteiger partial charge in [0, 0.05) is 5.56 Å². The highest BCUT2D eigenvalue weighted by atomic mass is 19.4. The SMILES string of the molecule is CC(NC(=O)c1c(-c2ccccc2)nnn1Cc1ccc(C(F)(F)F)cc1)c1ccc(C(=O)O)cc1. The third kappa shape index (κ3) is 5.43. The van der Waals surface area contributed by atoms with Gasteiger partial charge < -0.3 is 10.4 Å². The molecule has 184 valence electrons. The number of carboxylic acid groups (broad SMARTS) is 1. The Morgan fingerprint density at radius 3 is 2.19 bits per heavy atom. The van der Waals surface area contributed by atoms with E-state index in [-0.39, 0.29) is 17.8 Å². The molecule has 1 aromatic heterocycles. The van der Waals surface area contributed by atoms with Crippen LogP contribution in [0.25, 0.3) is 11.3 Å². The number of nitrogens with zero attached hydrogens (tertiary/aromatic N) is 3. The molecule has 1 heterocycles. The molecule has 10 heteroatoms. The van der Waals surface area contributed by atoms with Crippen LogP contribution in [0.4, 0.5) is 13.2 Å². The normalized spacial score (nSPS) is 12.2. The van der Waals surface area contributed by atoms with Crippen LogP contribution < -0.4 is 5.32 Å². The molecule has 0 spiro atoms. The largest absolute Gasteiger partial charge is 0.478 e. The zero-order chi connectivity index (χ0) is 25.9. The molecule has 0 fully saturated rings. The van der Waals surface area contributed by atoms with Crippen LogP contribution in [0.2, 0.25) is 0 Å². The minimum atomic E-state index is -4.45. The second-order valence-electron chi connectivity index (χ2n) is 8.13. The number of halogens is 3. The Hall–Kier alpha value is -4.47. The van der Waals surface area contributed by atoms with Crippen molar-refractivity contribution in [2.24, 2.45) is 0 Å². The molecule has 0 aliphatic rings. The molecule has 1 atom stereocenters. The number of carbonyl (C=O) groups excluding carboxylic acids is 1. The van der Waals surface area contributed by atoms with E-state index in [1.54, 1.807) is 43.3 Å². The predicted molar refractivity (Wildman–Crippen MR) is 125 cm³/mol. The van der Waals surface area contributed by atoms with Gasteiger partial charge in [-0.1, -0.05) is 59.8 Å². The van der Waals surface area contributed by atoms with Gasteiger partial charge in [-0.05, 0) is 42.3 Å². The van der Waals surface area contributed by atoms with Gasteiger partial charge in [-0.25, -0.2) is 9.48 Å². The first-order chi connectivity index (χ1) is 17.1. The number of hydrogen-bond donors (Lipinski definition) is 2. The van der Waals surface area contributed by atoms with Gasteiger partial charge in [-0.15, -0.1) is 5.10 Å². The molecular formula is C26H21F3N4O3. The minimum absolute atomic E-state index is 0.0302. The van der Waals surface area contributed by atoms with Crippen molar-refractivity contribution in [3.63, 3.8) is 0 Å². The topological polar surface area (TPSA) is 97.1 Å². The number of carbonyl (C=O) groups is 2. The van der Waals surface area contributed by atoms with Crippen molar-refractivity contribution in [1.82, 2.24) is 20.3 Å². The Balaban J connectivity index is 1.63. The number of aromatic nitrogens is 3. The van der Waals surface area contributed by atoms with Crippen LogP contribution in [-0.2, 0) is 12.7 Å². The highest BCUT2D eigenvalue weighted by Gasteiger charge is 2.30. The molecule has 4 rings (SSSR count). The third-order valence-electron chi connectivity index (χ3n) is 5.62. The van der Waals surface area contributed by atoms with Crippen LogP contribution in [0.3, 0.4) is 0 Å². The van der Waals surface area contributed by atoms with Crippen LogP contribution in [0.5, 0.6) is 0 Å². The maximum absolute atomic E-state index is 13.4. The summed E-state index contributed by atoms with van der Waals surface area (Å²) in [4.78, 5) is 24.5. The van der Waals surface area contributed by atoms with E-state index < -0.39 is 29.7 Å². The lowest BCUT2D eigenvalue weighted by Crippen LogP contribution is -2.29. The first-order valence-corrected chi connectivity index (χ1v) is 10.9. The molecule has 1 unspecified atom stereocenters. The molecule has 2 N–H and O–H groups in total. The Morgan fingerprint density at radius 2 is 1.61 bits per heavy atom. The summed E-state index contributed by atoms with van der Waals surface area (Å²) in [6.45, 7) is 1.78. The van der Waals surface area contributed by atoms with E-state index in [4.69, 9.17) is 5.11 Å². The number of aromatic carboxylic acids is 1. The second-order valence-corrected chi connectivity index (χ2v) is 8.13. The van der Waals surface area contributed by atoms with E-state index in [0.29, 0.717) is 22.4 Å². The summed E-state index contributed by atoms with van der Waals surface area (Å²) in [7, 11) is 0. The van der Waals surface area contributed by atoms with Gasteiger partial charge >= 0.3 is 12.1 Å². The number of hydrogen-bond acceptors (Lipinski definition) is 4. The quantitative estimate of drug-likeness (QED) is 0.368. The van der Waals surface area contributed by atoms with Gasteiger partial charge in [0.25, 0.3) is 5.91 Å². The fourth-order valence-electron chi connectivity index (χ4n) is 3.67. The van der Waals surface area contributed by atoms with Gasteiger partial charge in [-0.3, -0.25) is 4.79 Å². The maximum atomic E-state index is 13.4. The van der Waals surface area contributed by atoms with Crippen LogP contribution in [-0.4, -0.2) is 32.0 Å². The van der Waals surface area contributed by atoms with E-state index in [2.05, 4.69) is 15.6 Å². The standard InChI is InChI=1S/C26H21F3N4O3/c1-16(18-9-11-20(12-10-18)25(35)36)30-24(34)23-22(19-5-3-2-4-6-19)31-32-33(23)15-17-7-13-21(14-8-17)26(27,28)29/h2-14,16H,15H2,1H3,(H,30,34)(H,35,36). The number of carboxylic acids is 1. The number of rotatable bonds is 7. The molecule has 7 nitrogen and oxygen atoms in total. The average Bonchev–Trinajstić information content (AvgIpc) is 3.28. The monoisotopic (exact) mass is 494 g/mol. The number of benzene rings is 3. The number of amides is 1. The summed E-state index contributed by atoms with van der Waals surface area (Å²) in [6.07, 6.45) is -4.45. The smallest absolute Gasteiger partial charge is 0.416 e. The Kier molecular flexibility index (Phi) is 6.86. The molecule has 0 radical (unpaired) electrons. The Morgan fingerprint density at radius 1 is 0.972 bits per heavy atom. The van der Waals surface area contributed by atoms with Crippen molar-refractivity contribution in [3.05, 3.63) is 107 Å². The fraction of sp³-hybridized carbons (Fsp3) is 0.154. The summed E-state index contributed by atoms with van der Waals surface area (Å²) in [5, 5.41) is 20.3. The second kappa shape index (κ2) is 10.0. The van der Waals surface area contributed by atoms with E-state index in [9.17, 15) is 22.8 Å². The first-order valence-electron chi connectivity index (χ1n) is 10.9. The van der Waals surface area contributed by atoms with Crippen molar-refractivity contribution >= 4 is 11.9 Å². The van der Waals surface area contributed by atoms with Gasteiger partial charge in [0.05, 0.1) is 23.7 Å². The predicted octanol–water partition coefficient (Wildman–Crippen LogP) is 5.20. The number of alkyl halides is 3. The summed E-state index contributed by atoms with van der Waals surface area (Å²) < 4.78 is 40.1. The summed E-state index contributed by atoms with van der Waals surface area (Å²) in [5.74, 6) is -1.54. The van der Waals surface area contributed by atoms with Crippen molar-refractivity contribution in [3.8, 4) is 11.3 Å². The summed E-state index contributed by atoms with van der Waals surface area (Å²) in [6, 6.07) is 19.2. The van der Waals surface area contributed by atoms with Crippen molar-refractivity contribution in [1.29, 1.82) is 0 Å². The lowest BCUT2D eigenvalue weighted by Gasteiger charge is -2.16. The number of nitrogens with one attached hydrogen (secondary N) is 1. The molecule has 0 saturated carbocycles. The molecule has 0 aliphatic carbocycles. The molecule has 4 aromatic rings. The van der Waals surface area contributed by atoms with Gasteiger partial charge in [0.15, 0.2) is 5.69 Å². The van der Waals surface area contributed by atoms with Crippen molar-refractivity contribution < 1.29 is 27.9 Å². The highest BCUT2D eigenvalue weighted by molar-refractivity contribution is 5.98. The first kappa shape index (κ1) is 24.6. The molecular weight excluding hydrogens is 473 g/mol. The van der Waals surface area contributed by atoms with Gasteiger partial charge in [-0.2, -0.15) is 13.2 Å². The molecule has 0 aliphatic heterocycles.